The highest BCUT2D eigenvalue weighted by Crippen LogP contribution is 2.36. The van der Waals surface area contributed by atoms with E-state index in [2.05, 4.69) is 33.5 Å². The van der Waals surface area contributed by atoms with Crippen LogP contribution in [0, 0.1) is 11.8 Å². The van der Waals surface area contributed by atoms with Gasteiger partial charge in [0.1, 0.15) is 0 Å². The van der Waals surface area contributed by atoms with Crippen molar-refractivity contribution < 1.29 is 9.53 Å². The van der Waals surface area contributed by atoms with E-state index in [1.54, 1.807) is 19.2 Å². The van der Waals surface area contributed by atoms with Gasteiger partial charge in [0.25, 0.3) is 0 Å². The average molecular weight is 348 g/mol. The molecule has 1 fully saturated rings. The van der Waals surface area contributed by atoms with Gasteiger partial charge in [-0.1, -0.05) is 18.5 Å². The molecule has 0 saturated carbocycles. The van der Waals surface area contributed by atoms with E-state index in [1.807, 2.05) is 0 Å². The molecule has 1 aromatic carbocycles. The molecular formula is C13H16BrClN2O2. The quantitative estimate of drug-likeness (QED) is 0.884. The Bertz CT molecular complexity index is 496. The van der Waals surface area contributed by atoms with Crippen molar-refractivity contribution in [1.82, 2.24) is 5.32 Å². The van der Waals surface area contributed by atoms with Gasteiger partial charge in [-0.15, -0.1) is 0 Å². The minimum atomic E-state index is -0.0255. The number of hydrogen-bond acceptors (Lipinski definition) is 3. The summed E-state index contributed by atoms with van der Waals surface area (Å²) in [5.74, 6) is 0.873. The number of ether oxygens (including phenoxy) is 1. The van der Waals surface area contributed by atoms with Crippen LogP contribution in [0.2, 0.25) is 5.02 Å². The zero-order chi connectivity index (χ0) is 14.0. The van der Waals surface area contributed by atoms with Crippen molar-refractivity contribution in [3.05, 3.63) is 21.6 Å². The third kappa shape index (κ3) is 3.22. The fraction of sp³-hybridized carbons (Fsp3) is 0.462. The van der Waals surface area contributed by atoms with Crippen molar-refractivity contribution in [2.75, 3.05) is 25.5 Å². The Hall–Kier alpha value is -0.780. The third-order valence-electron chi connectivity index (χ3n) is 3.32. The van der Waals surface area contributed by atoms with E-state index < -0.39 is 0 Å². The van der Waals surface area contributed by atoms with Gasteiger partial charge in [-0.3, -0.25) is 4.79 Å². The van der Waals surface area contributed by atoms with Gasteiger partial charge in [0.2, 0.25) is 5.91 Å². The molecule has 0 bridgehead atoms. The van der Waals surface area contributed by atoms with Crippen LogP contribution in [0.15, 0.2) is 16.6 Å². The van der Waals surface area contributed by atoms with Crippen molar-refractivity contribution in [3.8, 4) is 5.75 Å². The zero-order valence-corrected chi connectivity index (χ0v) is 13.1. The summed E-state index contributed by atoms with van der Waals surface area (Å²) in [6.45, 7) is 3.64. The van der Waals surface area contributed by atoms with Crippen LogP contribution in [-0.2, 0) is 4.79 Å². The number of halogens is 2. The number of rotatable bonds is 3. The number of methoxy groups -OCH3 is 1. The molecular weight excluding hydrogens is 332 g/mol. The van der Waals surface area contributed by atoms with Crippen molar-refractivity contribution >= 4 is 39.1 Å². The Morgan fingerprint density at radius 1 is 1.53 bits per heavy atom. The Labute approximate surface area is 126 Å². The molecule has 2 atom stereocenters. The Morgan fingerprint density at radius 2 is 2.26 bits per heavy atom. The number of nitrogens with one attached hydrogen (secondary N) is 2. The van der Waals surface area contributed by atoms with Crippen molar-refractivity contribution in [3.63, 3.8) is 0 Å². The lowest BCUT2D eigenvalue weighted by molar-refractivity contribution is -0.120. The maximum Gasteiger partial charge on any atom is 0.229 e. The number of carbonyl (C=O) groups excluding carboxylic acids is 1. The maximum absolute atomic E-state index is 12.3. The summed E-state index contributed by atoms with van der Waals surface area (Å²) >= 11 is 9.37. The van der Waals surface area contributed by atoms with Crippen molar-refractivity contribution in [1.29, 1.82) is 0 Å². The minimum absolute atomic E-state index is 0.00929. The first-order chi connectivity index (χ1) is 9.02. The molecule has 0 aliphatic carbocycles. The van der Waals surface area contributed by atoms with Crippen molar-refractivity contribution in [2.45, 2.75) is 6.92 Å². The van der Waals surface area contributed by atoms with Gasteiger partial charge in [-0.05, 0) is 40.5 Å². The van der Waals surface area contributed by atoms with Crippen LogP contribution in [0.25, 0.3) is 0 Å². The van der Waals surface area contributed by atoms with Gasteiger partial charge in [-0.2, -0.15) is 0 Å². The molecule has 6 heteroatoms. The van der Waals surface area contributed by atoms with Gasteiger partial charge in [0.15, 0.2) is 5.75 Å². The van der Waals surface area contributed by atoms with E-state index in [0.717, 1.165) is 11.0 Å². The number of hydrogen-bond donors (Lipinski definition) is 2. The molecule has 0 aromatic heterocycles. The van der Waals surface area contributed by atoms with Gasteiger partial charge in [-0.25, -0.2) is 0 Å². The molecule has 4 nitrogen and oxygen atoms in total. The standard InChI is InChI=1S/C13H16BrClN2O2/c1-7-5-16-6-9(7)13(18)17-11-4-8(15)3-10(14)12(11)19-2/h3-4,7,9,16H,5-6H2,1-2H3,(H,17,18). The van der Waals surface area contributed by atoms with Crippen LogP contribution in [0.5, 0.6) is 5.75 Å². The fourth-order valence-corrected chi connectivity index (χ4v) is 3.22. The van der Waals surface area contributed by atoms with E-state index >= 15 is 0 Å². The average Bonchev–Trinajstić information content (AvgIpc) is 2.75. The molecule has 1 saturated heterocycles. The minimum Gasteiger partial charge on any atom is -0.493 e. The summed E-state index contributed by atoms with van der Waals surface area (Å²) < 4.78 is 6.00. The lowest BCUT2D eigenvalue weighted by Crippen LogP contribution is -2.28. The summed E-state index contributed by atoms with van der Waals surface area (Å²) in [5, 5.41) is 6.65. The summed E-state index contributed by atoms with van der Waals surface area (Å²) in [5.41, 5.74) is 0.589. The first-order valence-corrected chi connectivity index (χ1v) is 7.24. The van der Waals surface area contributed by atoms with Gasteiger partial charge >= 0.3 is 0 Å². The predicted octanol–water partition coefficient (Wildman–Crippen LogP) is 2.91. The normalized spacial score (nSPS) is 22.3. The van der Waals surface area contributed by atoms with E-state index in [0.29, 0.717) is 28.9 Å². The predicted molar refractivity (Wildman–Crippen MR) is 79.9 cm³/mol. The van der Waals surface area contributed by atoms with E-state index in [1.165, 1.54) is 0 Å². The first kappa shape index (κ1) is 14.6. The summed E-state index contributed by atoms with van der Waals surface area (Å²) in [6.07, 6.45) is 0. The van der Waals surface area contributed by atoms with Gasteiger partial charge < -0.3 is 15.4 Å². The van der Waals surface area contributed by atoms with Crippen molar-refractivity contribution in [2.24, 2.45) is 11.8 Å². The van der Waals surface area contributed by atoms with E-state index in [9.17, 15) is 4.79 Å². The lowest BCUT2D eigenvalue weighted by Gasteiger charge is -2.17. The maximum atomic E-state index is 12.3. The smallest absolute Gasteiger partial charge is 0.229 e. The number of carbonyl (C=O) groups is 1. The summed E-state index contributed by atoms with van der Waals surface area (Å²) in [4.78, 5) is 12.3. The molecule has 1 heterocycles. The molecule has 19 heavy (non-hydrogen) atoms. The molecule has 2 unspecified atom stereocenters. The Morgan fingerprint density at radius 3 is 2.84 bits per heavy atom. The monoisotopic (exact) mass is 346 g/mol. The lowest BCUT2D eigenvalue weighted by atomic mass is 9.97. The molecule has 1 amide bonds. The first-order valence-electron chi connectivity index (χ1n) is 6.07. The molecule has 2 N–H and O–H groups in total. The van der Waals surface area contributed by atoms with E-state index in [-0.39, 0.29) is 11.8 Å². The topological polar surface area (TPSA) is 50.4 Å². The third-order valence-corrected chi connectivity index (χ3v) is 4.13. The molecule has 104 valence electrons. The molecule has 1 aromatic rings. The molecule has 1 aliphatic rings. The second kappa shape index (κ2) is 6.11. The molecule has 0 spiro atoms. The highest BCUT2D eigenvalue weighted by atomic mass is 79.9. The molecule has 2 rings (SSSR count). The van der Waals surface area contributed by atoms with Crippen LogP contribution in [0.1, 0.15) is 6.92 Å². The van der Waals surface area contributed by atoms with Gasteiger partial charge in [0, 0.05) is 11.6 Å². The second-order valence-corrected chi connectivity index (χ2v) is 5.99. The van der Waals surface area contributed by atoms with Crippen LogP contribution in [0.3, 0.4) is 0 Å². The zero-order valence-electron chi connectivity index (χ0n) is 10.8. The number of amides is 1. The van der Waals surface area contributed by atoms with Crippen LogP contribution in [-0.4, -0.2) is 26.1 Å². The highest BCUT2D eigenvalue weighted by molar-refractivity contribution is 9.10. The summed E-state index contributed by atoms with van der Waals surface area (Å²) in [7, 11) is 1.56. The van der Waals surface area contributed by atoms with Crippen LogP contribution in [0.4, 0.5) is 5.69 Å². The Balaban J connectivity index is 2.20. The largest absolute Gasteiger partial charge is 0.493 e. The van der Waals surface area contributed by atoms with Crippen LogP contribution < -0.4 is 15.4 Å². The van der Waals surface area contributed by atoms with Gasteiger partial charge in [0.05, 0.1) is 23.2 Å². The number of benzene rings is 1. The number of anilines is 1. The SMILES string of the molecule is COc1c(Br)cc(Cl)cc1NC(=O)C1CNCC1C. The Kier molecular flexibility index (Phi) is 4.71. The fourth-order valence-electron chi connectivity index (χ4n) is 2.25. The molecule has 0 radical (unpaired) electrons. The summed E-state index contributed by atoms with van der Waals surface area (Å²) in [6, 6.07) is 3.42. The second-order valence-electron chi connectivity index (χ2n) is 4.70. The molecule has 1 aliphatic heterocycles. The highest BCUT2D eigenvalue weighted by Gasteiger charge is 2.30. The van der Waals surface area contributed by atoms with Crippen LogP contribution >= 0.6 is 27.5 Å². The van der Waals surface area contributed by atoms with E-state index in [4.69, 9.17) is 16.3 Å².